The normalized spacial score (nSPS) is 11.4. The fourth-order valence-corrected chi connectivity index (χ4v) is 1.07. The van der Waals surface area contributed by atoms with E-state index in [1.165, 1.54) is 6.92 Å². The maximum absolute atomic E-state index is 11.5. The van der Waals surface area contributed by atoms with Crippen molar-refractivity contribution in [3.8, 4) is 0 Å². The van der Waals surface area contributed by atoms with Gasteiger partial charge in [-0.15, -0.1) is 0 Å². The molecule has 0 rings (SSSR count). The molecule has 0 aromatic heterocycles. The Morgan fingerprint density at radius 3 is 1.70 bits per heavy atom. The van der Waals surface area contributed by atoms with Crippen molar-refractivity contribution >= 4 is 11.8 Å². The summed E-state index contributed by atoms with van der Waals surface area (Å²) in [6, 6.07) is 0. The zero-order valence-electron chi connectivity index (χ0n) is 12.9. The molecule has 0 unspecified atom stereocenters. The van der Waals surface area contributed by atoms with Crippen LogP contribution in [0.1, 0.15) is 27.7 Å². The third kappa shape index (κ3) is 12.1. The summed E-state index contributed by atoms with van der Waals surface area (Å²) in [4.78, 5) is 22.0. The topological polar surface area (TPSA) is 71.1 Å². The van der Waals surface area contributed by atoms with Crippen molar-refractivity contribution in [1.82, 2.24) is 0 Å². The summed E-state index contributed by atoms with van der Waals surface area (Å²) in [5.74, 6) is -0.238. The summed E-state index contributed by atoms with van der Waals surface area (Å²) in [5, 5.41) is 0. The van der Waals surface area contributed by atoms with Gasteiger partial charge in [-0.05, 0) is 0 Å². The van der Waals surface area contributed by atoms with E-state index in [0.29, 0.717) is 33.0 Å². The first-order chi connectivity index (χ1) is 9.34. The van der Waals surface area contributed by atoms with E-state index in [1.807, 2.05) is 20.8 Å². The number of rotatable bonds is 11. The van der Waals surface area contributed by atoms with Gasteiger partial charge >= 0.3 is 5.97 Å². The Labute approximate surface area is 120 Å². The molecular formula is C14H26O6. The molecule has 6 nitrogen and oxygen atoms in total. The monoisotopic (exact) mass is 290 g/mol. The highest BCUT2D eigenvalue weighted by atomic mass is 16.6. The number of ketones is 1. The van der Waals surface area contributed by atoms with Crippen LogP contribution in [0.15, 0.2) is 0 Å². The second-order valence-electron chi connectivity index (χ2n) is 5.29. The predicted molar refractivity (Wildman–Crippen MR) is 73.6 cm³/mol. The minimum atomic E-state index is -0.364. The zero-order valence-corrected chi connectivity index (χ0v) is 12.9. The summed E-state index contributed by atoms with van der Waals surface area (Å²) in [6.45, 7) is 9.36. The van der Waals surface area contributed by atoms with Crippen LogP contribution >= 0.6 is 0 Å². The molecule has 0 N–H and O–H groups in total. The first-order valence-electron chi connectivity index (χ1n) is 6.74. The molecule has 0 aliphatic rings. The molecule has 20 heavy (non-hydrogen) atoms. The lowest BCUT2D eigenvalue weighted by Crippen LogP contribution is -2.25. The van der Waals surface area contributed by atoms with Crippen molar-refractivity contribution in [2.24, 2.45) is 5.41 Å². The van der Waals surface area contributed by atoms with Crippen LogP contribution in [0, 0.1) is 5.41 Å². The SMILES string of the molecule is CC(=O)OCCOCCOCCOCC(=O)C(C)(C)C. The minimum Gasteiger partial charge on any atom is -0.463 e. The molecule has 0 aromatic carbocycles. The molecule has 0 bridgehead atoms. The van der Waals surface area contributed by atoms with Gasteiger partial charge in [0.05, 0.1) is 33.0 Å². The quantitative estimate of drug-likeness (QED) is 0.421. The second kappa shape index (κ2) is 10.8. The van der Waals surface area contributed by atoms with Crippen molar-refractivity contribution in [2.75, 3.05) is 46.2 Å². The van der Waals surface area contributed by atoms with E-state index in [0.717, 1.165) is 0 Å². The molecule has 0 radical (unpaired) electrons. The molecule has 0 amide bonds. The maximum Gasteiger partial charge on any atom is 0.302 e. The number of carbonyl (C=O) groups excluding carboxylic acids is 2. The van der Waals surface area contributed by atoms with Crippen molar-refractivity contribution in [3.63, 3.8) is 0 Å². The number of hydrogen-bond acceptors (Lipinski definition) is 6. The van der Waals surface area contributed by atoms with Gasteiger partial charge in [-0.2, -0.15) is 0 Å². The Morgan fingerprint density at radius 2 is 1.25 bits per heavy atom. The summed E-state index contributed by atoms with van der Waals surface area (Å²) in [7, 11) is 0. The predicted octanol–water partition coefficient (Wildman–Crippen LogP) is 1.21. The number of Topliss-reactive ketones (excluding diaryl/α,β-unsaturated/α-hetero) is 1. The Bertz CT molecular complexity index is 282. The summed E-state index contributed by atoms with van der Waals surface area (Å²) in [5.41, 5.74) is -0.364. The zero-order chi connectivity index (χ0) is 15.4. The Morgan fingerprint density at radius 1 is 0.800 bits per heavy atom. The average molecular weight is 290 g/mol. The van der Waals surface area contributed by atoms with Crippen molar-refractivity contribution in [3.05, 3.63) is 0 Å². The van der Waals surface area contributed by atoms with E-state index in [4.69, 9.17) is 18.9 Å². The standard InChI is InChI=1S/C14H26O6/c1-12(15)20-10-9-18-6-5-17-7-8-19-11-13(16)14(2,3)4/h5-11H2,1-4H3. The van der Waals surface area contributed by atoms with Crippen LogP contribution in [0.4, 0.5) is 0 Å². The van der Waals surface area contributed by atoms with E-state index in [9.17, 15) is 9.59 Å². The molecular weight excluding hydrogens is 264 g/mol. The first-order valence-corrected chi connectivity index (χ1v) is 6.74. The molecule has 0 heterocycles. The molecule has 0 saturated heterocycles. The van der Waals surface area contributed by atoms with E-state index >= 15 is 0 Å². The number of hydrogen-bond donors (Lipinski definition) is 0. The average Bonchev–Trinajstić information content (AvgIpc) is 2.34. The molecule has 0 aliphatic carbocycles. The number of carbonyl (C=O) groups is 2. The van der Waals surface area contributed by atoms with Gasteiger partial charge in [-0.3, -0.25) is 9.59 Å². The van der Waals surface area contributed by atoms with Gasteiger partial charge in [0.25, 0.3) is 0 Å². The van der Waals surface area contributed by atoms with Crippen LogP contribution in [0.2, 0.25) is 0 Å². The Hall–Kier alpha value is -0.980. The number of esters is 1. The summed E-state index contributed by atoms with van der Waals surface area (Å²) >= 11 is 0. The molecule has 6 heteroatoms. The van der Waals surface area contributed by atoms with E-state index in [-0.39, 0.29) is 30.4 Å². The van der Waals surface area contributed by atoms with Crippen molar-refractivity contribution < 1.29 is 28.5 Å². The molecule has 0 saturated carbocycles. The lowest BCUT2D eigenvalue weighted by molar-refractivity contribution is -0.142. The van der Waals surface area contributed by atoms with E-state index in [1.54, 1.807) is 0 Å². The molecule has 0 spiro atoms. The molecule has 0 aliphatic heterocycles. The molecule has 0 atom stereocenters. The largest absolute Gasteiger partial charge is 0.463 e. The highest BCUT2D eigenvalue weighted by Gasteiger charge is 2.20. The third-order valence-electron chi connectivity index (χ3n) is 2.35. The second-order valence-corrected chi connectivity index (χ2v) is 5.29. The van der Waals surface area contributed by atoms with Gasteiger partial charge < -0.3 is 18.9 Å². The van der Waals surface area contributed by atoms with Crippen LogP contribution < -0.4 is 0 Å². The van der Waals surface area contributed by atoms with Crippen LogP contribution in [0.3, 0.4) is 0 Å². The van der Waals surface area contributed by atoms with Crippen LogP contribution in [0.25, 0.3) is 0 Å². The fraction of sp³-hybridized carbons (Fsp3) is 0.857. The van der Waals surface area contributed by atoms with Crippen LogP contribution in [0.5, 0.6) is 0 Å². The highest BCUT2D eigenvalue weighted by Crippen LogP contribution is 2.14. The Kier molecular flexibility index (Phi) is 10.2. The van der Waals surface area contributed by atoms with Gasteiger partial charge in [-0.1, -0.05) is 20.8 Å². The van der Waals surface area contributed by atoms with E-state index < -0.39 is 0 Å². The summed E-state index contributed by atoms with van der Waals surface area (Å²) in [6.07, 6.45) is 0. The molecule has 0 fully saturated rings. The smallest absolute Gasteiger partial charge is 0.302 e. The van der Waals surface area contributed by atoms with E-state index in [2.05, 4.69) is 0 Å². The van der Waals surface area contributed by atoms with Gasteiger partial charge in [0.15, 0.2) is 5.78 Å². The van der Waals surface area contributed by atoms with Gasteiger partial charge in [0, 0.05) is 12.3 Å². The van der Waals surface area contributed by atoms with Crippen LogP contribution in [-0.2, 0) is 28.5 Å². The summed E-state index contributed by atoms with van der Waals surface area (Å²) < 4.78 is 20.4. The minimum absolute atomic E-state index is 0.0753. The fourth-order valence-electron chi connectivity index (χ4n) is 1.07. The molecule has 0 aromatic rings. The van der Waals surface area contributed by atoms with Crippen LogP contribution in [-0.4, -0.2) is 58.0 Å². The lowest BCUT2D eigenvalue weighted by Gasteiger charge is -2.16. The third-order valence-corrected chi connectivity index (χ3v) is 2.35. The van der Waals surface area contributed by atoms with Gasteiger partial charge in [0.1, 0.15) is 13.2 Å². The number of ether oxygens (including phenoxy) is 4. The van der Waals surface area contributed by atoms with Crippen molar-refractivity contribution in [2.45, 2.75) is 27.7 Å². The molecule has 118 valence electrons. The van der Waals surface area contributed by atoms with Gasteiger partial charge in [0.2, 0.25) is 0 Å². The first kappa shape index (κ1) is 19.0. The van der Waals surface area contributed by atoms with Crippen molar-refractivity contribution in [1.29, 1.82) is 0 Å². The highest BCUT2D eigenvalue weighted by molar-refractivity contribution is 5.84. The maximum atomic E-state index is 11.5. The lowest BCUT2D eigenvalue weighted by atomic mass is 9.91. The van der Waals surface area contributed by atoms with Gasteiger partial charge in [-0.25, -0.2) is 0 Å². The Balaban J connectivity index is 3.21.